The summed E-state index contributed by atoms with van der Waals surface area (Å²) in [6.07, 6.45) is 0.976. The molecule has 0 saturated carbocycles. The van der Waals surface area contributed by atoms with Crippen molar-refractivity contribution in [3.63, 3.8) is 0 Å². The van der Waals surface area contributed by atoms with Gasteiger partial charge in [0.1, 0.15) is 17.2 Å². The van der Waals surface area contributed by atoms with Crippen molar-refractivity contribution < 1.29 is 9.53 Å². The fourth-order valence-electron chi connectivity index (χ4n) is 0.941. The fourth-order valence-corrected chi connectivity index (χ4v) is 1.07. The molecule has 0 bridgehead atoms. The molecule has 5 nitrogen and oxygen atoms in total. The second-order valence-electron chi connectivity index (χ2n) is 4.12. The van der Waals surface area contributed by atoms with Crippen LogP contribution in [-0.4, -0.2) is 21.7 Å². The van der Waals surface area contributed by atoms with Crippen molar-refractivity contribution in [2.24, 2.45) is 0 Å². The van der Waals surface area contributed by atoms with E-state index in [9.17, 15) is 4.79 Å². The van der Waals surface area contributed by atoms with E-state index in [0.29, 0.717) is 11.6 Å². The molecule has 1 amide bonds. The van der Waals surface area contributed by atoms with Gasteiger partial charge in [0.15, 0.2) is 0 Å². The standard InChI is InChI=1S/C10H14ClN3O2/c1-10(2,3)16-9(15)14-7-4-5-12-8(6-11)13-7/h4-5H,6H2,1-3H3,(H,12,13,14,15). The van der Waals surface area contributed by atoms with Crippen LogP contribution >= 0.6 is 11.6 Å². The summed E-state index contributed by atoms with van der Waals surface area (Å²) < 4.78 is 5.07. The van der Waals surface area contributed by atoms with Crippen molar-refractivity contribution in [3.8, 4) is 0 Å². The van der Waals surface area contributed by atoms with Crippen molar-refractivity contribution in [1.82, 2.24) is 9.97 Å². The van der Waals surface area contributed by atoms with Crippen molar-refractivity contribution in [1.29, 1.82) is 0 Å². The highest BCUT2D eigenvalue weighted by Crippen LogP contribution is 2.10. The van der Waals surface area contributed by atoms with Crippen LogP contribution < -0.4 is 5.32 Å². The third-order valence-electron chi connectivity index (χ3n) is 1.45. The molecule has 1 aromatic heterocycles. The molecule has 0 unspecified atom stereocenters. The van der Waals surface area contributed by atoms with Crippen molar-refractivity contribution in [3.05, 3.63) is 18.1 Å². The first-order valence-corrected chi connectivity index (χ1v) is 5.32. The maximum absolute atomic E-state index is 11.4. The van der Waals surface area contributed by atoms with Crippen molar-refractivity contribution in [2.45, 2.75) is 32.3 Å². The molecule has 1 heterocycles. The Balaban J connectivity index is 2.62. The number of carbonyl (C=O) groups is 1. The SMILES string of the molecule is CC(C)(C)OC(=O)Nc1ccnc(CCl)n1. The number of carbonyl (C=O) groups excluding carboxylic acids is 1. The number of amides is 1. The first-order chi connectivity index (χ1) is 7.40. The molecule has 16 heavy (non-hydrogen) atoms. The maximum atomic E-state index is 11.4. The Morgan fingerprint density at radius 2 is 2.25 bits per heavy atom. The van der Waals surface area contributed by atoms with Gasteiger partial charge in [-0.15, -0.1) is 11.6 Å². The average Bonchev–Trinajstić information content (AvgIpc) is 2.15. The predicted octanol–water partition coefficient (Wildman–Crippen LogP) is 2.56. The highest BCUT2D eigenvalue weighted by molar-refractivity contribution is 6.16. The molecule has 1 rings (SSSR count). The number of alkyl halides is 1. The number of nitrogens with one attached hydrogen (secondary N) is 1. The Morgan fingerprint density at radius 1 is 1.56 bits per heavy atom. The molecule has 1 aromatic rings. The van der Waals surface area contributed by atoms with Gasteiger partial charge in [-0.25, -0.2) is 14.8 Å². The van der Waals surface area contributed by atoms with Crippen LogP contribution in [0.25, 0.3) is 0 Å². The highest BCUT2D eigenvalue weighted by atomic mass is 35.5. The first kappa shape index (κ1) is 12.7. The van der Waals surface area contributed by atoms with E-state index in [1.54, 1.807) is 26.8 Å². The summed E-state index contributed by atoms with van der Waals surface area (Å²) in [4.78, 5) is 19.3. The van der Waals surface area contributed by atoms with Gasteiger partial charge in [-0.2, -0.15) is 0 Å². The third-order valence-corrected chi connectivity index (χ3v) is 1.69. The lowest BCUT2D eigenvalue weighted by Crippen LogP contribution is -2.27. The number of nitrogens with zero attached hydrogens (tertiary/aromatic N) is 2. The van der Waals surface area contributed by atoms with Crippen LogP contribution in [0.2, 0.25) is 0 Å². The van der Waals surface area contributed by atoms with Gasteiger partial charge in [-0.05, 0) is 26.8 Å². The second-order valence-corrected chi connectivity index (χ2v) is 4.39. The summed E-state index contributed by atoms with van der Waals surface area (Å²) in [5, 5.41) is 2.50. The minimum Gasteiger partial charge on any atom is -0.444 e. The van der Waals surface area contributed by atoms with Gasteiger partial charge < -0.3 is 4.74 Å². The van der Waals surface area contributed by atoms with Crippen LogP contribution in [0.3, 0.4) is 0 Å². The molecular weight excluding hydrogens is 230 g/mol. The Morgan fingerprint density at radius 3 is 2.81 bits per heavy atom. The summed E-state index contributed by atoms with van der Waals surface area (Å²) in [5.41, 5.74) is -0.535. The molecule has 0 fully saturated rings. The Bertz CT molecular complexity index is 377. The molecule has 1 N–H and O–H groups in total. The highest BCUT2D eigenvalue weighted by Gasteiger charge is 2.16. The molecule has 0 aliphatic heterocycles. The molecule has 0 aromatic carbocycles. The van der Waals surface area contributed by atoms with Gasteiger partial charge >= 0.3 is 6.09 Å². The molecular formula is C10H14ClN3O2. The first-order valence-electron chi connectivity index (χ1n) is 4.78. The van der Waals surface area contributed by atoms with E-state index in [1.807, 2.05) is 0 Å². The lowest BCUT2D eigenvalue weighted by atomic mass is 10.2. The van der Waals surface area contributed by atoms with Gasteiger partial charge in [-0.1, -0.05) is 0 Å². The van der Waals surface area contributed by atoms with Crippen molar-refractivity contribution in [2.75, 3.05) is 5.32 Å². The number of rotatable bonds is 2. The fraction of sp³-hybridized carbons (Fsp3) is 0.500. The number of aromatic nitrogens is 2. The summed E-state index contributed by atoms with van der Waals surface area (Å²) in [7, 11) is 0. The predicted molar refractivity (Wildman–Crippen MR) is 61.4 cm³/mol. The minimum atomic E-state index is -0.549. The number of anilines is 1. The molecule has 0 aliphatic rings. The van der Waals surface area contributed by atoms with E-state index in [0.717, 1.165) is 0 Å². The summed E-state index contributed by atoms with van der Waals surface area (Å²) in [5.74, 6) is 1.03. The van der Waals surface area contributed by atoms with Crippen molar-refractivity contribution >= 4 is 23.5 Å². The molecule has 0 aliphatic carbocycles. The zero-order valence-electron chi connectivity index (χ0n) is 9.45. The number of hydrogen-bond acceptors (Lipinski definition) is 4. The lowest BCUT2D eigenvalue weighted by molar-refractivity contribution is 0.0635. The van der Waals surface area contributed by atoms with Crippen LogP contribution in [0.5, 0.6) is 0 Å². The van der Waals surface area contributed by atoms with E-state index in [-0.39, 0.29) is 5.88 Å². The van der Waals surface area contributed by atoms with E-state index in [2.05, 4.69) is 15.3 Å². The zero-order valence-corrected chi connectivity index (χ0v) is 10.2. The van der Waals surface area contributed by atoms with Crippen LogP contribution in [0.15, 0.2) is 12.3 Å². The normalized spacial score (nSPS) is 11.0. The van der Waals surface area contributed by atoms with Gasteiger partial charge in [0, 0.05) is 6.20 Å². The third kappa shape index (κ3) is 4.44. The zero-order chi connectivity index (χ0) is 12.2. The van der Waals surface area contributed by atoms with Crippen LogP contribution in [0.4, 0.5) is 10.6 Å². The van der Waals surface area contributed by atoms with E-state index in [4.69, 9.17) is 16.3 Å². The molecule has 0 radical (unpaired) electrons. The van der Waals surface area contributed by atoms with Gasteiger partial charge in [0.05, 0.1) is 5.88 Å². The molecule has 88 valence electrons. The van der Waals surface area contributed by atoms with Crippen LogP contribution in [0, 0.1) is 0 Å². The average molecular weight is 244 g/mol. The maximum Gasteiger partial charge on any atom is 0.413 e. The Hall–Kier alpha value is -1.36. The second kappa shape index (κ2) is 5.12. The molecule has 0 spiro atoms. The quantitative estimate of drug-likeness (QED) is 0.811. The smallest absolute Gasteiger partial charge is 0.413 e. The summed E-state index contributed by atoms with van der Waals surface area (Å²) in [6.45, 7) is 5.37. The van der Waals surface area contributed by atoms with Gasteiger partial charge in [-0.3, -0.25) is 5.32 Å². The van der Waals surface area contributed by atoms with E-state index < -0.39 is 11.7 Å². The van der Waals surface area contributed by atoms with Crippen LogP contribution in [0.1, 0.15) is 26.6 Å². The topological polar surface area (TPSA) is 64.1 Å². The Labute approximate surface area is 99.2 Å². The lowest BCUT2D eigenvalue weighted by Gasteiger charge is -2.19. The molecule has 6 heteroatoms. The Kier molecular flexibility index (Phi) is 4.06. The summed E-state index contributed by atoms with van der Waals surface area (Å²) in [6, 6.07) is 1.57. The number of halogens is 1. The van der Waals surface area contributed by atoms with E-state index >= 15 is 0 Å². The monoisotopic (exact) mass is 243 g/mol. The van der Waals surface area contributed by atoms with E-state index in [1.165, 1.54) is 6.20 Å². The summed E-state index contributed by atoms with van der Waals surface area (Å²) >= 11 is 5.57. The molecule has 0 saturated heterocycles. The van der Waals surface area contributed by atoms with Gasteiger partial charge in [0.25, 0.3) is 0 Å². The number of ether oxygens (including phenoxy) is 1. The minimum absolute atomic E-state index is 0.198. The number of hydrogen-bond donors (Lipinski definition) is 1. The van der Waals surface area contributed by atoms with Gasteiger partial charge in [0.2, 0.25) is 0 Å². The largest absolute Gasteiger partial charge is 0.444 e. The molecule has 0 atom stereocenters. The van der Waals surface area contributed by atoms with Crippen LogP contribution in [-0.2, 0) is 10.6 Å².